The molecule has 0 spiro atoms. The van der Waals surface area contributed by atoms with Crippen LogP contribution in [0.25, 0.3) is 0 Å². The summed E-state index contributed by atoms with van der Waals surface area (Å²) in [6, 6.07) is 11.6. The first kappa shape index (κ1) is 13.9. The minimum Gasteiger partial charge on any atom is -0.267 e. The predicted octanol–water partition coefficient (Wildman–Crippen LogP) is 2.72. The zero-order chi connectivity index (χ0) is 14.4. The molecule has 2 rings (SSSR count). The summed E-state index contributed by atoms with van der Waals surface area (Å²) in [4.78, 5) is 15.9. The molecule has 0 aliphatic heterocycles. The molecule has 0 unspecified atom stereocenters. The fourth-order valence-corrected chi connectivity index (χ4v) is 1.67. The van der Waals surface area contributed by atoms with E-state index in [0.717, 1.165) is 17.7 Å². The first-order valence-electron chi connectivity index (χ1n) is 6.54. The lowest BCUT2D eigenvalue weighted by atomic mass is 10.1. The van der Waals surface area contributed by atoms with E-state index in [0.29, 0.717) is 5.56 Å². The summed E-state index contributed by atoms with van der Waals surface area (Å²) in [5, 5.41) is 3.94. The van der Waals surface area contributed by atoms with Crippen molar-refractivity contribution in [2.45, 2.75) is 20.3 Å². The van der Waals surface area contributed by atoms with Crippen LogP contribution in [-0.4, -0.2) is 17.1 Å². The maximum absolute atomic E-state index is 11.8. The van der Waals surface area contributed by atoms with Gasteiger partial charge in [-0.3, -0.25) is 9.78 Å². The van der Waals surface area contributed by atoms with Gasteiger partial charge in [0, 0.05) is 11.9 Å². The number of nitrogens with zero attached hydrogens (tertiary/aromatic N) is 2. The minimum absolute atomic E-state index is 0.265. The fourth-order valence-electron chi connectivity index (χ4n) is 1.67. The SMILES string of the molecule is CCc1ccc(/C=N\NC(=O)c2ccc(C)nc2)cc1. The van der Waals surface area contributed by atoms with Crippen molar-refractivity contribution in [3.63, 3.8) is 0 Å². The normalized spacial score (nSPS) is 10.7. The summed E-state index contributed by atoms with van der Waals surface area (Å²) in [6.45, 7) is 3.98. The number of hydrogen-bond donors (Lipinski definition) is 1. The summed E-state index contributed by atoms with van der Waals surface area (Å²) in [6.07, 6.45) is 4.17. The second-order valence-corrected chi connectivity index (χ2v) is 4.48. The average Bonchev–Trinajstić information content (AvgIpc) is 2.48. The maximum atomic E-state index is 11.8. The highest BCUT2D eigenvalue weighted by Gasteiger charge is 2.03. The number of aryl methyl sites for hydroxylation is 2. The first-order chi connectivity index (χ1) is 9.69. The van der Waals surface area contributed by atoms with Crippen molar-refractivity contribution in [2.75, 3.05) is 0 Å². The van der Waals surface area contributed by atoms with Crippen molar-refractivity contribution in [1.29, 1.82) is 0 Å². The van der Waals surface area contributed by atoms with E-state index < -0.39 is 0 Å². The third-order valence-corrected chi connectivity index (χ3v) is 2.94. The molecule has 0 bridgehead atoms. The van der Waals surface area contributed by atoms with Crippen LogP contribution in [0.2, 0.25) is 0 Å². The van der Waals surface area contributed by atoms with Crippen LogP contribution in [0.5, 0.6) is 0 Å². The average molecular weight is 267 g/mol. The number of aromatic nitrogens is 1. The number of pyridine rings is 1. The molecule has 0 aliphatic carbocycles. The third-order valence-electron chi connectivity index (χ3n) is 2.94. The van der Waals surface area contributed by atoms with Gasteiger partial charge in [-0.1, -0.05) is 31.2 Å². The second-order valence-electron chi connectivity index (χ2n) is 4.48. The number of hydrogen-bond acceptors (Lipinski definition) is 3. The molecule has 0 radical (unpaired) electrons. The molecule has 0 aliphatic rings. The van der Waals surface area contributed by atoms with Gasteiger partial charge in [0.25, 0.3) is 5.91 Å². The lowest BCUT2D eigenvalue weighted by Gasteiger charge is -2.00. The largest absolute Gasteiger partial charge is 0.272 e. The minimum atomic E-state index is -0.265. The zero-order valence-electron chi connectivity index (χ0n) is 11.6. The van der Waals surface area contributed by atoms with Crippen LogP contribution in [0.3, 0.4) is 0 Å². The van der Waals surface area contributed by atoms with Crippen LogP contribution in [0.15, 0.2) is 47.7 Å². The van der Waals surface area contributed by atoms with Crippen LogP contribution in [0.1, 0.15) is 34.1 Å². The lowest BCUT2D eigenvalue weighted by molar-refractivity contribution is 0.0955. The van der Waals surface area contributed by atoms with E-state index in [-0.39, 0.29) is 5.91 Å². The van der Waals surface area contributed by atoms with Gasteiger partial charge < -0.3 is 0 Å². The molecule has 20 heavy (non-hydrogen) atoms. The highest BCUT2D eigenvalue weighted by atomic mass is 16.2. The number of nitrogens with one attached hydrogen (secondary N) is 1. The lowest BCUT2D eigenvalue weighted by Crippen LogP contribution is -2.17. The Bertz CT molecular complexity index is 601. The van der Waals surface area contributed by atoms with Crippen molar-refractivity contribution in [3.05, 3.63) is 65.0 Å². The van der Waals surface area contributed by atoms with E-state index in [9.17, 15) is 4.79 Å². The zero-order valence-corrected chi connectivity index (χ0v) is 11.6. The molecular formula is C16H17N3O. The number of benzene rings is 1. The fraction of sp³-hybridized carbons (Fsp3) is 0.188. The van der Waals surface area contributed by atoms with E-state index in [1.165, 1.54) is 11.8 Å². The Balaban J connectivity index is 1.95. The Labute approximate surface area is 118 Å². The van der Waals surface area contributed by atoms with E-state index in [1.54, 1.807) is 18.3 Å². The van der Waals surface area contributed by atoms with Crippen LogP contribution in [-0.2, 0) is 6.42 Å². The van der Waals surface area contributed by atoms with Crippen LogP contribution < -0.4 is 5.43 Å². The molecule has 0 fully saturated rings. The van der Waals surface area contributed by atoms with Crippen molar-refractivity contribution in [1.82, 2.24) is 10.4 Å². The van der Waals surface area contributed by atoms with Crippen LogP contribution in [0.4, 0.5) is 0 Å². The molecule has 102 valence electrons. The molecule has 0 saturated carbocycles. The summed E-state index contributed by atoms with van der Waals surface area (Å²) in [5.41, 5.74) is 6.08. The molecule has 1 aromatic carbocycles. The highest BCUT2D eigenvalue weighted by molar-refractivity contribution is 5.94. The predicted molar refractivity (Wildman–Crippen MR) is 79.9 cm³/mol. The Morgan fingerprint density at radius 3 is 2.60 bits per heavy atom. The molecule has 1 aromatic heterocycles. The van der Waals surface area contributed by atoms with Gasteiger partial charge in [0.2, 0.25) is 0 Å². The molecule has 1 heterocycles. The van der Waals surface area contributed by atoms with E-state index in [2.05, 4.69) is 22.4 Å². The van der Waals surface area contributed by atoms with Gasteiger partial charge in [0.1, 0.15) is 0 Å². The van der Waals surface area contributed by atoms with E-state index in [4.69, 9.17) is 0 Å². The Morgan fingerprint density at radius 2 is 2.00 bits per heavy atom. The van der Waals surface area contributed by atoms with Gasteiger partial charge in [-0.25, -0.2) is 5.43 Å². The highest BCUT2D eigenvalue weighted by Crippen LogP contribution is 2.03. The van der Waals surface area contributed by atoms with E-state index in [1.807, 2.05) is 31.2 Å². The molecule has 1 N–H and O–H groups in total. The smallest absolute Gasteiger partial charge is 0.267 e. The summed E-state index contributed by atoms with van der Waals surface area (Å²) < 4.78 is 0. The standard InChI is InChI=1S/C16H17N3O/c1-3-13-5-7-14(8-6-13)10-18-19-16(20)15-9-4-12(2)17-11-15/h4-11H,3H2,1-2H3,(H,19,20)/b18-10-. The number of hydrazone groups is 1. The quantitative estimate of drug-likeness (QED) is 0.684. The van der Waals surface area contributed by atoms with Crippen molar-refractivity contribution in [3.8, 4) is 0 Å². The van der Waals surface area contributed by atoms with Gasteiger partial charge in [-0.2, -0.15) is 5.10 Å². The summed E-state index contributed by atoms with van der Waals surface area (Å²) >= 11 is 0. The van der Waals surface area contributed by atoms with Crippen molar-refractivity contribution >= 4 is 12.1 Å². The van der Waals surface area contributed by atoms with Gasteiger partial charge in [-0.15, -0.1) is 0 Å². The molecule has 1 amide bonds. The van der Waals surface area contributed by atoms with Crippen molar-refractivity contribution in [2.24, 2.45) is 5.10 Å². The van der Waals surface area contributed by atoms with Gasteiger partial charge in [-0.05, 0) is 36.6 Å². The molecule has 4 heteroatoms. The summed E-state index contributed by atoms with van der Waals surface area (Å²) in [7, 11) is 0. The molecule has 4 nitrogen and oxygen atoms in total. The second kappa shape index (κ2) is 6.61. The van der Waals surface area contributed by atoms with Gasteiger partial charge in [0.15, 0.2) is 0 Å². The molecule has 0 saturated heterocycles. The molecular weight excluding hydrogens is 250 g/mol. The summed E-state index contributed by atoms with van der Waals surface area (Å²) in [5.74, 6) is -0.265. The number of carbonyl (C=O) groups is 1. The Kier molecular flexibility index (Phi) is 4.60. The number of rotatable bonds is 4. The van der Waals surface area contributed by atoms with Crippen LogP contribution in [0, 0.1) is 6.92 Å². The van der Waals surface area contributed by atoms with Gasteiger partial charge in [0.05, 0.1) is 11.8 Å². The maximum Gasteiger partial charge on any atom is 0.272 e. The number of amides is 1. The molecule has 2 aromatic rings. The van der Waals surface area contributed by atoms with Crippen molar-refractivity contribution < 1.29 is 4.79 Å². The Morgan fingerprint density at radius 1 is 1.25 bits per heavy atom. The topological polar surface area (TPSA) is 54.4 Å². The molecule has 0 atom stereocenters. The number of carbonyl (C=O) groups excluding carboxylic acids is 1. The monoisotopic (exact) mass is 267 g/mol. The van der Waals surface area contributed by atoms with E-state index >= 15 is 0 Å². The first-order valence-corrected chi connectivity index (χ1v) is 6.54. The third kappa shape index (κ3) is 3.75. The van der Waals surface area contributed by atoms with Gasteiger partial charge >= 0.3 is 0 Å². The van der Waals surface area contributed by atoms with Crippen LogP contribution >= 0.6 is 0 Å². The Hall–Kier alpha value is -2.49.